The van der Waals surface area contributed by atoms with Crippen molar-refractivity contribution in [1.82, 2.24) is 4.98 Å². The summed E-state index contributed by atoms with van der Waals surface area (Å²) in [5, 5.41) is 2.44. The van der Waals surface area contributed by atoms with E-state index in [2.05, 4.69) is 27.0 Å². The first-order chi connectivity index (χ1) is 5.79. The standard InChI is InChI=1S/C10H8BrN/c1-7-10-8(5-6-12-7)3-2-4-9(10)11/h2-6H,1H3. The highest BCUT2D eigenvalue weighted by Crippen LogP contribution is 2.24. The third-order valence-electron chi connectivity index (χ3n) is 1.93. The summed E-state index contributed by atoms with van der Waals surface area (Å²) in [6.45, 7) is 2.02. The largest absolute Gasteiger partial charge is 0.261 e. The first kappa shape index (κ1) is 7.74. The zero-order valence-electron chi connectivity index (χ0n) is 6.71. The lowest BCUT2D eigenvalue weighted by molar-refractivity contribution is 1.23. The molecule has 12 heavy (non-hydrogen) atoms. The molecule has 0 amide bonds. The molecule has 2 heteroatoms. The molecule has 0 N–H and O–H groups in total. The van der Waals surface area contributed by atoms with Crippen LogP contribution in [0.2, 0.25) is 0 Å². The van der Waals surface area contributed by atoms with Crippen LogP contribution in [0.15, 0.2) is 34.9 Å². The minimum Gasteiger partial charge on any atom is -0.261 e. The molecule has 0 spiro atoms. The average Bonchev–Trinajstić information content (AvgIpc) is 2.04. The monoisotopic (exact) mass is 221 g/mol. The van der Waals surface area contributed by atoms with Crippen LogP contribution in [0.4, 0.5) is 0 Å². The Morgan fingerprint density at radius 2 is 2.08 bits per heavy atom. The summed E-state index contributed by atoms with van der Waals surface area (Å²) in [5.41, 5.74) is 1.07. The Morgan fingerprint density at radius 3 is 2.83 bits per heavy atom. The minimum absolute atomic E-state index is 1.07. The van der Waals surface area contributed by atoms with Crippen LogP contribution in [0.25, 0.3) is 10.8 Å². The predicted molar refractivity (Wildman–Crippen MR) is 54.2 cm³/mol. The quantitative estimate of drug-likeness (QED) is 0.666. The Morgan fingerprint density at radius 1 is 1.25 bits per heavy atom. The highest BCUT2D eigenvalue weighted by Gasteiger charge is 2.00. The average molecular weight is 222 g/mol. The van der Waals surface area contributed by atoms with Crippen LogP contribution in [-0.2, 0) is 0 Å². The van der Waals surface area contributed by atoms with Gasteiger partial charge in [-0.2, -0.15) is 0 Å². The Hall–Kier alpha value is -0.890. The smallest absolute Gasteiger partial charge is 0.0462 e. The Kier molecular flexibility index (Phi) is 1.85. The fourth-order valence-electron chi connectivity index (χ4n) is 1.36. The second-order valence-corrected chi connectivity index (χ2v) is 3.59. The van der Waals surface area contributed by atoms with Crippen LogP contribution in [0, 0.1) is 6.92 Å². The molecule has 0 aliphatic carbocycles. The van der Waals surface area contributed by atoms with Crippen molar-refractivity contribution in [1.29, 1.82) is 0 Å². The fourth-order valence-corrected chi connectivity index (χ4v) is 2.02. The second kappa shape index (κ2) is 2.87. The van der Waals surface area contributed by atoms with E-state index in [4.69, 9.17) is 0 Å². The maximum Gasteiger partial charge on any atom is 0.0462 e. The van der Waals surface area contributed by atoms with Gasteiger partial charge >= 0.3 is 0 Å². The van der Waals surface area contributed by atoms with E-state index in [-0.39, 0.29) is 0 Å². The van der Waals surface area contributed by atoms with Crippen molar-refractivity contribution in [3.8, 4) is 0 Å². The molecule has 0 atom stereocenters. The van der Waals surface area contributed by atoms with E-state index >= 15 is 0 Å². The second-order valence-electron chi connectivity index (χ2n) is 2.73. The minimum atomic E-state index is 1.07. The van der Waals surface area contributed by atoms with E-state index in [0.717, 1.165) is 10.2 Å². The van der Waals surface area contributed by atoms with Gasteiger partial charge in [-0.05, 0) is 24.4 Å². The highest BCUT2D eigenvalue weighted by molar-refractivity contribution is 9.10. The van der Waals surface area contributed by atoms with Crippen molar-refractivity contribution in [2.24, 2.45) is 0 Å². The van der Waals surface area contributed by atoms with Gasteiger partial charge < -0.3 is 0 Å². The molecule has 1 aromatic carbocycles. The predicted octanol–water partition coefficient (Wildman–Crippen LogP) is 3.31. The number of nitrogens with zero attached hydrogens (tertiary/aromatic N) is 1. The van der Waals surface area contributed by atoms with Crippen molar-refractivity contribution in [2.45, 2.75) is 6.92 Å². The van der Waals surface area contributed by atoms with Crippen molar-refractivity contribution in [3.63, 3.8) is 0 Å². The molecule has 0 bridgehead atoms. The van der Waals surface area contributed by atoms with Gasteiger partial charge in [0.1, 0.15) is 0 Å². The number of rotatable bonds is 0. The maximum absolute atomic E-state index is 4.24. The summed E-state index contributed by atoms with van der Waals surface area (Å²) < 4.78 is 1.12. The van der Waals surface area contributed by atoms with Crippen molar-refractivity contribution in [2.75, 3.05) is 0 Å². The summed E-state index contributed by atoms with van der Waals surface area (Å²) in [7, 11) is 0. The molecule has 0 aliphatic heterocycles. The molecule has 0 unspecified atom stereocenters. The highest BCUT2D eigenvalue weighted by atomic mass is 79.9. The first-order valence-corrected chi connectivity index (χ1v) is 4.58. The van der Waals surface area contributed by atoms with Crippen molar-refractivity contribution < 1.29 is 0 Å². The van der Waals surface area contributed by atoms with Crippen LogP contribution < -0.4 is 0 Å². The molecule has 0 saturated heterocycles. The molecule has 2 rings (SSSR count). The maximum atomic E-state index is 4.24. The van der Waals surface area contributed by atoms with E-state index in [9.17, 15) is 0 Å². The molecule has 0 radical (unpaired) electrons. The number of hydrogen-bond donors (Lipinski definition) is 0. The lowest BCUT2D eigenvalue weighted by Gasteiger charge is -2.01. The third kappa shape index (κ3) is 1.12. The van der Waals surface area contributed by atoms with E-state index in [1.165, 1.54) is 10.8 Å². The number of fused-ring (bicyclic) bond motifs is 1. The molecule has 1 nitrogen and oxygen atoms in total. The number of benzene rings is 1. The molecule has 60 valence electrons. The SMILES string of the molecule is Cc1nccc2cccc(Br)c12. The molecule has 2 aromatic rings. The summed E-state index contributed by atoms with van der Waals surface area (Å²) in [5.74, 6) is 0. The number of hydrogen-bond acceptors (Lipinski definition) is 1. The van der Waals surface area contributed by atoms with Gasteiger partial charge in [-0.25, -0.2) is 0 Å². The van der Waals surface area contributed by atoms with E-state index < -0.39 is 0 Å². The molecule has 0 aliphatic rings. The molecular weight excluding hydrogens is 214 g/mol. The van der Waals surface area contributed by atoms with Gasteiger partial charge in [0.15, 0.2) is 0 Å². The molecule has 0 saturated carbocycles. The van der Waals surface area contributed by atoms with Crippen LogP contribution in [0.1, 0.15) is 5.69 Å². The molecular formula is C10H8BrN. The summed E-state index contributed by atoms with van der Waals surface area (Å²) in [4.78, 5) is 4.24. The lowest BCUT2D eigenvalue weighted by atomic mass is 10.1. The number of halogens is 1. The van der Waals surface area contributed by atoms with Gasteiger partial charge in [0.05, 0.1) is 0 Å². The van der Waals surface area contributed by atoms with Gasteiger partial charge in [-0.1, -0.05) is 28.1 Å². The third-order valence-corrected chi connectivity index (χ3v) is 2.59. The lowest BCUT2D eigenvalue weighted by Crippen LogP contribution is -1.83. The van der Waals surface area contributed by atoms with Gasteiger partial charge in [-0.15, -0.1) is 0 Å². The summed E-state index contributed by atoms with van der Waals surface area (Å²) >= 11 is 3.51. The van der Waals surface area contributed by atoms with Crippen molar-refractivity contribution in [3.05, 3.63) is 40.6 Å². The van der Waals surface area contributed by atoms with Crippen LogP contribution in [-0.4, -0.2) is 4.98 Å². The Bertz CT molecular complexity index is 386. The van der Waals surface area contributed by atoms with Crippen LogP contribution >= 0.6 is 15.9 Å². The van der Waals surface area contributed by atoms with E-state index in [1.54, 1.807) is 0 Å². The number of aryl methyl sites for hydroxylation is 1. The van der Waals surface area contributed by atoms with E-state index in [1.807, 2.05) is 31.3 Å². The zero-order chi connectivity index (χ0) is 8.55. The van der Waals surface area contributed by atoms with Gasteiger partial charge in [0.25, 0.3) is 0 Å². The fraction of sp³-hybridized carbons (Fsp3) is 0.100. The molecule has 1 aromatic heterocycles. The van der Waals surface area contributed by atoms with Gasteiger partial charge in [0, 0.05) is 21.7 Å². The summed E-state index contributed by atoms with van der Waals surface area (Å²) in [6.07, 6.45) is 1.84. The number of pyridine rings is 1. The van der Waals surface area contributed by atoms with Crippen LogP contribution in [0.3, 0.4) is 0 Å². The Balaban J connectivity index is 2.96. The van der Waals surface area contributed by atoms with Crippen molar-refractivity contribution >= 4 is 26.7 Å². The molecule has 0 fully saturated rings. The van der Waals surface area contributed by atoms with Gasteiger partial charge in [-0.3, -0.25) is 4.98 Å². The molecule has 1 heterocycles. The van der Waals surface area contributed by atoms with Crippen LogP contribution in [0.5, 0.6) is 0 Å². The topological polar surface area (TPSA) is 12.9 Å². The van der Waals surface area contributed by atoms with Gasteiger partial charge in [0.2, 0.25) is 0 Å². The zero-order valence-corrected chi connectivity index (χ0v) is 8.30. The summed E-state index contributed by atoms with van der Waals surface area (Å²) in [6, 6.07) is 8.19. The van der Waals surface area contributed by atoms with E-state index in [0.29, 0.717) is 0 Å². The number of aromatic nitrogens is 1. The first-order valence-electron chi connectivity index (χ1n) is 3.79. The normalized spacial score (nSPS) is 10.5. The Labute approximate surface area is 79.6 Å².